The molecule has 3 rings (SSSR count). The molecule has 3 N–H and O–H groups in total. The molecule has 1 saturated heterocycles. The summed E-state index contributed by atoms with van der Waals surface area (Å²) in [7, 11) is 0. The fraction of sp³-hybridized carbons (Fsp3) is 0.538. The topological polar surface area (TPSA) is 70.8 Å². The van der Waals surface area contributed by atoms with Gasteiger partial charge in [0.05, 0.1) is 4.34 Å². The van der Waals surface area contributed by atoms with Crippen LogP contribution in [0.25, 0.3) is 11.4 Å². The monoisotopic (exact) mass is 345 g/mol. The Hall–Kier alpha value is -0.820. The lowest BCUT2D eigenvalue weighted by molar-refractivity contribution is 0.257. The number of rotatable bonds is 3. The van der Waals surface area contributed by atoms with Gasteiger partial charge in [-0.2, -0.15) is 4.98 Å². The largest absolute Gasteiger partial charge is 0.339 e. The van der Waals surface area contributed by atoms with Gasteiger partial charge in [0.25, 0.3) is 0 Å². The number of piperidine rings is 1. The summed E-state index contributed by atoms with van der Waals surface area (Å²) in [4.78, 5) is 6.72. The number of anilines is 1. The van der Waals surface area contributed by atoms with E-state index < -0.39 is 0 Å². The van der Waals surface area contributed by atoms with Crippen LogP contribution in [0, 0.1) is 5.41 Å². The molecule has 1 fully saturated rings. The lowest BCUT2D eigenvalue weighted by atomic mass is 9.81. The maximum atomic E-state index is 6.15. The zero-order chi connectivity index (χ0) is 15.0. The van der Waals surface area contributed by atoms with Crippen LogP contribution >= 0.6 is 34.5 Å². The Balaban J connectivity index is 1.76. The molecule has 0 atom stereocenters. The van der Waals surface area contributed by atoms with Crippen LogP contribution in [0.4, 0.5) is 5.95 Å². The number of H-pyrrole nitrogens is 1. The van der Waals surface area contributed by atoms with Gasteiger partial charge < -0.3 is 10.6 Å². The van der Waals surface area contributed by atoms with Crippen molar-refractivity contribution in [2.75, 3.05) is 24.5 Å². The highest BCUT2D eigenvalue weighted by atomic mass is 35.5. The van der Waals surface area contributed by atoms with E-state index in [1.54, 1.807) is 6.07 Å². The van der Waals surface area contributed by atoms with Gasteiger partial charge in [-0.15, -0.1) is 16.4 Å². The first-order chi connectivity index (χ1) is 10.0. The average Bonchev–Trinajstić information content (AvgIpc) is 3.06. The Morgan fingerprint density at radius 2 is 2.14 bits per heavy atom. The number of nitrogens with zero attached hydrogens (tertiary/aromatic N) is 3. The maximum Gasteiger partial charge on any atom is 0.245 e. The highest BCUT2D eigenvalue weighted by Crippen LogP contribution is 2.37. The van der Waals surface area contributed by atoms with Crippen molar-refractivity contribution in [2.24, 2.45) is 11.1 Å². The molecule has 0 aliphatic carbocycles. The first kappa shape index (κ1) is 15.1. The van der Waals surface area contributed by atoms with Crippen molar-refractivity contribution in [3.63, 3.8) is 0 Å². The van der Waals surface area contributed by atoms with Crippen molar-refractivity contribution >= 4 is 40.5 Å². The van der Waals surface area contributed by atoms with Crippen LogP contribution in [0.2, 0.25) is 8.67 Å². The van der Waals surface area contributed by atoms with Crippen LogP contribution in [0.5, 0.6) is 0 Å². The lowest BCUT2D eigenvalue weighted by Crippen LogP contribution is -2.42. The SMILES string of the molecule is CC1(CN)CCN(c2n[nH]c(-c3cc(Cl)sc3Cl)n2)CC1. The predicted molar refractivity (Wildman–Crippen MR) is 88.3 cm³/mol. The van der Waals surface area contributed by atoms with Crippen molar-refractivity contribution < 1.29 is 0 Å². The van der Waals surface area contributed by atoms with Crippen LogP contribution in [0.1, 0.15) is 19.8 Å². The smallest absolute Gasteiger partial charge is 0.245 e. The summed E-state index contributed by atoms with van der Waals surface area (Å²) >= 11 is 13.4. The normalized spacial score (nSPS) is 18.2. The number of thiophene rings is 1. The Morgan fingerprint density at radius 3 is 2.71 bits per heavy atom. The molecule has 0 unspecified atom stereocenters. The molecule has 114 valence electrons. The molecule has 1 aliphatic heterocycles. The lowest BCUT2D eigenvalue weighted by Gasteiger charge is -2.38. The summed E-state index contributed by atoms with van der Waals surface area (Å²) in [6.07, 6.45) is 2.11. The van der Waals surface area contributed by atoms with Gasteiger partial charge in [0.1, 0.15) is 4.34 Å². The van der Waals surface area contributed by atoms with E-state index in [0.717, 1.165) is 38.0 Å². The molecule has 0 spiro atoms. The molecule has 21 heavy (non-hydrogen) atoms. The second-order valence-electron chi connectivity index (χ2n) is 5.72. The van der Waals surface area contributed by atoms with Crippen molar-refractivity contribution in [2.45, 2.75) is 19.8 Å². The van der Waals surface area contributed by atoms with Crippen LogP contribution in [0.3, 0.4) is 0 Å². The van der Waals surface area contributed by atoms with E-state index in [1.807, 2.05) is 0 Å². The van der Waals surface area contributed by atoms with Gasteiger partial charge in [0.2, 0.25) is 5.95 Å². The first-order valence-electron chi connectivity index (χ1n) is 6.83. The molecule has 5 nitrogen and oxygen atoms in total. The Bertz CT molecular complexity index is 630. The van der Waals surface area contributed by atoms with E-state index in [4.69, 9.17) is 28.9 Å². The van der Waals surface area contributed by atoms with Crippen molar-refractivity contribution in [3.05, 3.63) is 14.7 Å². The fourth-order valence-electron chi connectivity index (χ4n) is 2.47. The molecule has 0 saturated carbocycles. The van der Waals surface area contributed by atoms with Gasteiger partial charge in [0, 0.05) is 18.7 Å². The molecule has 8 heteroatoms. The third kappa shape index (κ3) is 3.04. The van der Waals surface area contributed by atoms with E-state index in [9.17, 15) is 0 Å². The molecule has 0 aromatic carbocycles. The number of hydrogen-bond donors (Lipinski definition) is 2. The predicted octanol–water partition coefficient (Wildman–Crippen LogP) is 3.41. The molecule has 0 amide bonds. The molecule has 2 aromatic rings. The van der Waals surface area contributed by atoms with Gasteiger partial charge in [-0.25, -0.2) is 0 Å². The van der Waals surface area contributed by atoms with Gasteiger partial charge >= 0.3 is 0 Å². The zero-order valence-corrected chi connectivity index (χ0v) is 14.0. The maximum absolute atomic E-state index is 6.15. The number of nitrogens with two attached hydrogens (primary N) is 1. The minimum Gasteiger partial charge on any atom is -0.339 e. The Morgan fingerprint density at radius 1 is 1.43 bits per heavy atom. The molecule has 2 aromatic heterocycles. The second-order valence-corrected chi connectivity index (χ2v) is 8.01. The standard InChI is InChI=1S/C13H17Cl2N5S/c1-13(7-16)2-4-20(5-3-13)12-17-11(18-19-12)8-6-9(14)21-10(8)15/h6H,2-5,7,16H2,1H3,(H,17,18,19). The minimum absolute atomic E-state index is 0.236. The van der Waals surface area contributed by atoms with Crippen molar-refractivity contribution in [1.29, 1.82) is 0 Å². The van der Waals surface area contributed by atoms with Gasteiger partial charge in [-0.05, 0) is 30.9 Å². The molecule has 1 aliphatic rings. The number of halogens is 2. The van der Waals surface area contributed by atoms with Crippen LogP contribution in [-0.4, -0.2) is 34.8 Å². The molecular weight excluding hydrogens is 329 g/mol. The summed E-state index contributed by atoms with van der Waals surface area (Å²) in [6, 6.07) is 1.81. The van der Waals surface area contributed by atoms with Gasteiger partial charge in [-0.1, -0.05) is 30.1 Å². The minimum atomic E-state index is 0.236. The van der Waals surface area contributed by atoms with Crippen LogP contribution in [0.15, 0.2) is 6.07 Å². The highest BCUT2D eigenvalue weighted by Gasteiger charge is 2.30. The Labute approximate surface area is 137 Å². The molecule has 0 bridgehead atoms. The quantitative estimate of drug-likeness (QED) is 0.894. The number of aromatic amines is 1. The van der Waals surface area contributed by atoms with Crippen molar-refractivity contribution in [1.82, 2.24) is 15.2 Å². The van der Waals surface area contributed by atoms with Crippen LogP contribution in [-0.2, 0) is 0 Å². The van der Waals surface area contributed by atoms with Gasteiger partial charge in [-0.3, -0.25) is 5.10 Å². The summed E-state index contributed by atoms with van der Waals surface area (Å²) in [6.45, 7) is 4.80. The zero-order valence-electron chi connectivity index (χ0n) is 11.7. The second kappa shape index (κ2) is 5.76. The number of aromatic nitrogens is 3. The molecule has 3 heterocycles. The van der Waals surface area contributed by atoms with Crippen molar-refractivity contribution in [3.8, 4) is 11.4 Å². The first-order valence-corrected chi connectivity index (χ1v) is 8.41. The third-order valence-electron chi connectivity index (χ3n) is 4.13. The van der Waals surface area contributed by atoms with E-state index in [-0.39, 0.29) is 5.41 Å². The Kier molecular flexibility index (Phi) is 4.14. The fourth-order valence-corrected chi connectivity index (χ4v) is 3.93. The van der Waals surface area contributed by atoms with E-state index >= 15 is 0 Å². The van der Waals surface area contributed by atoms with Gasteiger partial charge in [0.15, 0.2) is 5.82 Å². The third-order valence-corrected chi connectivity index (χ3v) is 5.62. The summed E-state index contributed by atoms with van der Waals surface area (Å²) < 4.78 is 1.27. The molecular formula is C13H17Cl2N5S. The van der Waals surface area contributed by atoms with Crippen LogP contribution < -0.4 is 10.6 Å². The van der Waals surface area contributed by atoms with E-state index in [1.165, 1.54) is 11.3 Å². The molecule has 0 radical (unpaired) electrons. The van der Waals surface area contributed by atoms with E-state index in [2.05, 4.69) is 27.0 Å². The highest BCUT2D eigenvalue weighted by molar-refractivity contribution is 7.20. The van der Waals surface area contributed by atoms with E-state index in [0.29, 0.717) is 20.4 Å². The average molecular weight is 346 g/mol. The summed E-state index contributed by atoms with van der Waals surface area (Å²) in [5.74, 6) is 1.37. The number of nitrogens with one attached hydrogen (secondary N) is 1. The number of hydrogen-bond acceptors (Lipinski definition) is 5. The summed E-state index contributed by atoms with van der Waals surface area (Å²) in [5.41, 5.74) is 6.87. The summed E-state index contributed by atoms with van der Waals surface area (Å²) in [5, 5.41) is 7.25.